The standard InChI is InChI=1S/C22H47NS2/c1-4-7-10-13-16-23(17-21-24-19-14-11-8-5-2)18-22-25-20-15-12-9-6-3/h4-22H2,1-3H3. The summed E-state index contributed by atoms with van der Waals surface area (Å²) in [7, 11) is 0. The van der Waals surface area contributed by atoms with E-state index in [1.807, 2.05) is 0 Å². The number of thioether (sulfide) groups is 2. The quantitative estimate of drug-likeness (QED) is 0.187. The van der Waals surface area contributed by atoms with Crippen molar-refractivity contribution in [3.63, 3.8) is 0 Å². The van der Waals surface area contributed by atoms with Crippen LogP contribution in [-0.2, 0) is 0 Å². The first-order valence-electron chi connectivity index (χ1n) is 11.2. The van der Waals surface area contributed by atoms with E-state index < -0.39 is 0 Å². The Balaban J connectivity index is 3.71. The summed E-state index contributed by atoms with van der Waals surface area (Å²) < 4.78 is 0. The Morgan fingerprint density at radius 1 is 0.440 bits per heavy atom. The summed E-state index contributed by atoms with van der Waals surface area (Å²) in [5.41, 5.74) is 0. The summed E-state index contributed by atoms with van der Waals surface area (Å²) >= 11 is 4.36. The fourth-order valence-corrected chi connectivity index (χ4v) is 4.95. The van der Waals surface area contributed by atoms with Gasteiger partial charge in [-0.05, 0) is 37.3 Å². The second kappa shape index (κ2) is 22.7. The van der Waals surface area contributed by atoms with Gasteiger partial charge in [-0.3, -0.25) is 0 Å². The van der Waals surface area contributed by atoms with Gasteiger partial charge in [-0.1, -0.05) is 78.6 Å². The Morgan fingerprint density at radius 3 is 1.32 bits per heavy atom. The molecule has 0 amide bonds. The first-order chi connectivity index (χ1) is 12.3. The molecule has 0 saturated carbocycles. The smallest absolute Gasteiger partial charge is 0.00727 e. The maximum atomic E-state index is 2.74. The minimum atomic E-state index is 1.31. The van der Waals surface area contributed by atoms with E-state index in [0.717, 1.165) is 0 Å². The third kappa shape index (κ3) is 20.8. The molecule has 152 valence electrons. The fourth-order valence-electron chi connectivity index (χ4n) is 2.95. The van der Waals surface area contributed by atoms with Gasteiger partial charge in [0.1, 0.15) is 0 Å². The zero-order valence-corrected chi connectivity index (χ0v) is 19.3. The molecular weight excluding hydrogens is 342 g/mol. The lowest BCUT2D eigenvalue weighted by Gasteiger charge is -2.22. The Kier molecular flexibility index (Phi) is 23.3. The van der Waals surface area contributed by atoms with Crippen molar-refractivity contribution in [3.8, 4) is 0 Å². The van der Waals surface area contributed by atoms with E-state index in [0.29, 0.717) is 0 Å². The molecule has 0 unspecified atom stereocenters. The van der Waals surface area contributed by atoms with E-state index in [1.54, 1.807) is 0 Å². The van der Waals surface area contributed by atoms with Crippen LogP contribution in [0.5, 0.6) is 0 Å². The van der Waals surface area contributed by atoms with Crippen molar-refractivity contribution >= 4 is 23.5 Å². The number of hydrogen-bond acceptors (Lipinski definition) is 3. The summed E-state index contributed by atoms with van der Waals surface area (Å²) in [6.45, 7) is 10.8. The molecular formula is C22H47NS2. The minimum Gasteiger partial charge on any atom is -0.302 e. The van der Waals surface area contributed by atoms with E-state index in [2.05, 4.69) is 49.2 Å². The van der Waals surface area contributed by atoms with E-state index >= 15 is 0 Å². The van der Waals surface area contributed by atoms with Gasteiger partial charge in [0.15, 0.2) is 0 Å². The Bertz CT molecular complexity index is 218. The SMILES string of the molecule is CCCCCCSCCN(CCCCCC)CCSCCCCCC. The predicted octanol–water partition coefficient (Wildman–Crippen LogP) is 7.50. The largest absolute Gasteiger partial charge is 0.302 e. The molecule has 0 aromatic carbocycles. The highest BCUT2D eigenvalue weighted by Crippen LogP contribution is 2.11. The van der Waals surface area contributed by atoms with Crippen molar-refractivity contribution in [2.24, 2.45) is 0 Å². The Morgan fingerprint density at radius 2 is 0.880 bits per heavy atom. The van der Waals surface area contributed by atoms with Crippen LogP contribution in [-0.4, -0.2) is 47.5 Å². The number of hydrogen-bond donors (Lipinski definition) is 0. The van der Waals surface area contributed by atoms with Crippen molar-refractivity contribution < 1.29 is 0 Å². The molecule has 0 aliphatic carbocycles. The van der Waals surface area contributed by atoms with Crippen LogP contribution in [0.2, 0.25) is 0 Å². The number of rotatable bonds is 21. The molecule has 0 aliphatic heterocycles. The zero-order valence-electron chi connectivity index (χ0n) is 17.7. The van der Waals surface area contributed by atoms with Crippen molar-refractivity contribution in [1.82, 2.24) is 4.90 Å². The Hall–Kier alpha value is 0.660. The maximum Gasteiger partial charge on any atom is 0.00727 e. The molecule has 3 heteroatoms. The highest BCUT2D eigenvalue weighted by molar-refractivity contribution is 7.99. The normalized spacial score (nSPS) is 11.5. The molecule has 0 N–H and O–H groups in total. The van der Waals surface area contributed by atoms with Gasteiger partial charge in [0.2, 0.25) is 0 Å². The summed E-state index contributed by atoms with van der Waals surface area (Å²) in [6, 6.07) is 0. The topological polar surface area (TPSA) is 3.24 Å². The molecule has 0 fully saturated rings. The van der Waals surface area contributed by atoms with Gasteiger partial charge in [-0.2, -0.15) is 23.5 Å². The second-order valence-electron chi connectivity index (χ2n) is 7.25. The molecule has 0 aromatic heterocycles. The second-order valence-corrected chi connectivity index (χ2v) is 9.70. The molecule has 0 aromatic rings. The number of unbranched alkanes of at least 4 members (excludes halogenated alkanes) is 9. The predicted molar refractivity (Wildman–Crippen MR) is 124 cm³/mol. The van der Waals surface area contributed by atoms with Crippen LogP contribution in [0.4, 0.5) is 0 Å². The van der Waals surface area contributed by atoms with Crippen molar-refractivity contribution in [2.45, 2.75) is 97.8 Å². The first-order valence-corrected chi connectivity index (χ1v) is 13.5. The van der Waals surface area contributed by atoms with Crippen LogP contribution in [0.3, 0.4) is 0 Å². The van der Waals surface area contributed by atoms with Crippen molar-refractivity contribution in [3.05, 3.63) is 0 Å². The van der Waals surface area contributed by atoms with Gasteiger partial charge in [0.25, 0.3) is 0 Å². The molecule has 1 nitrogen and oxygen atoms in total. The molecule has 0 aliphatic rings. The van der Waals surface area contributed by atoms with Crippen LogP contribution < -0.4 is 0 Å². The van der Waals surface area contributed by atoms with E-state index in [1.165, 1.54) is 120 Å². The molecule has 0 spiro atoms. The molecule has 0 bridgehead atoms. The van der Waals surface area contributed by atoms with Crippen LogP contribution in [0.1, 0.15) is 97.8 Å². The lowest BCUT2D eigenvalue weighted by Crippen LogP contribution is -2.30. The first kappa shape index (κ1) is 25.7. The third-order valence-electron chi connectivity index (χ3n) is 4.72. The lowest BCUT2D eigenvalue weighted by atomic mass is 10.2. The minimum absolute atomic E-state index is 1.31. The van der Waals surface area contributed by atoms with Crippen LogP contribution in [0, 0.1) is 0 Å². The van der Waals surface area contributed by atoms with Crippen LogP contribution in [0.15, 0.2) is 0 Å². The van der Waals surface area contributed by atoms with Gasteiger partial charge in [0, 0.05) is 24.6 Å². The molecule has 0 atom stereocenters. The van der Waals surface area contributed by atoms with Crippen molar-refractivity contribution in [2.75, 3.05) is 42.6 Å². The molecule has 25 heavy (non-hydrogen) atoms. The monoisotopic (exact) mass is 389 g/mol. The van der Waals surface area contributed by atoms with Gasteiger partial charge >= 0.3 is 0 Å². The summed E-state index contributed by atoms with van der Waals surface area (Å²) in [5.74, 6) is 5.41. The van der Waals surface area contributed by atoms with E-state index in [9.17, 15) is 0 Å². The summed E-state index contributed by atoms with van der Waals surface area (Å²) in [6.07, 6.45) is 16.8. The average molecular weight is 390 g/mol. The number of nitrogens with zero attached hydrogens (tertiary/aromatic N) is 1. The van der Waals surface area contributed by atoms with Crippen LogP contribution in [0.25, 0.3) is 0 Å². The zero-order chi connectivity index (χ0) is 18.4. The van der Waals surface area contributed by atoms with Gasteiger partial charge in [0.05, 0.1) is 0 Å². The third-order valence-corrected chi connectivity index (χ3v) is 6.81. The highest BCUT2D eigenvalue weighted by Gasteiger charge is 2.05. The van der Waals surface area contributed by atoms with E-state index in [-0.39, 0.29) is 0 Å². The summed E-state index contributed by atoms with van der Waals surface area (Å²) in [4.78, 5) is 2.74. The maximum absolute atomic E-state index is 2.74. The van der Waals surface area contributed by atoms with Gasteiger partial charge < -0.3 is 4.90 Å². The van der Waals surface area contributed by atoms with Gasteiger partial charge in [-0.15, -0.1) is 0 Å². The molecule has 0 rings (SSSR count). The van der Waals surface area contributed by atoms with Crippen molar-refractivity contribution in [1.29, 1.82) is 0 Å². The lowest BCUT2D eigenvalue weighted by molar-refractivity contribution is 0.300. The summed E-state index contributed by atoms with van der Waals surface area (Å²) in [5, 5.41) is 0. The molecule has 0 saturated heterocycles. The van der Waals surface area contributed by atoms with E-state index in [4.69, 9.17) is 0 Å². The van der Waals surface area contributed by atoms with Crippen LogP contribution >= 0.6 is 23.5 Å². The molecule has 0 radical (unpaired) electrons. The highest BCUT2D eigenvalue weighted by atomic mass is 32.2. The molecule has 0 heterocycles. The van der Waals surface area contributed by atoms with Gasteiger partial charge in [-0.25, -0.2) is 0 Å². The average Bonchev–Trinajstić information content (AvgIpc) is 2.63. The fraction of sp³-hybridized carbons (Fsp3) is 1.00. The Labute approximate surface area is 168 Å².